The zero-order valence-corrected chi connectivity index (χ0v) is 16.4. The Morgan fingerprint density at radius 3 is 2.39 bits per heavy atom. The van der Waals surface area contributed by atoms with E-state index in [9.17, 15) is 9.59 Å². The molecule has 2 aromatic rings. The predicted molar refractivity (Wildman–Crippen MR) is 110 cm³/mol. The standard InChI is InChI=1S/C21H27N5O2/c1-16(27)23-19(17-6-4-3-5-7-17)14-21(28)24-18-8-9-20(22-15-18)26-12-10-25(2)11-13-26/h3-9,15,19H,10-14H2,1-2H3,(H,23,27)(H,24,28). The molecule has 0 spiro atoms. The first-order chi connectivity index (χ1) is 13.5. The van der Waals surface area contributed by atoms with E-state index in [1.165, 1.54) is 6.92 Å². The van der Waals surface area contributed by atoms with Crippen molar-refractivity contribution in [1.29, 1.82) is 0 Å². The number of anilines is 2. The molecular weight excluding hydrogens is 354 g/mol. The van der Waals surface area contributed by atoms with Crippen LogP contribution in [0, 0.1) is 0 Å². The number of carbonyl (C=O) groups excluding carboxylic acids is 2. The molecule has 0 aliphatic carbocycles. The van der Waals surface area contributed by atoms with Gasteiger partial charge in [0.2, 0.25) is 11.8 Å². The van der Waals surface area contributed by atoms with Gasteiger partial charge in [-0.05, 0) is 24.7 Å². The Kier molecular flexibility index (Phi) is 6.60. The van der Waals surface area contributed by atoms with Crippen molar-refractivity contribution in [2.45, 2.75) is 19.4 Å². The average Bonchev–Trinajstić information content (AvgIpc) is 2.69. The summed E-state index contributed by atoms with van der Waals surface area (Å²) in [6, 6.07) is 12.9. The quantitative estimate of drug-likeness (QED) is 0.801. The number of nitrogens with one attached hydrogen (secondary N) is 2. The first kappa shape index (κ1) is 19.8. The molecule has 7 nitrogen and oxygen atoms in total. The van der Waals surface area contributed by atoms with Crippen LogP contribution in [0.15, 0.2) is 48.7 Å². The number of benzene rings is 1. The van der Waals surface area contributed by atoms with Gasteiger partial charge in [-0.2, -0.15) is 0 Å². The highest BCUT2D eigenvalue weighted by atomic mass is 16.2. The van der Waals surface area contributed by atoms with E-state index in [4.69, 9.17) is 0 Å². The lowest BCUT2D eigenvalue weighted by Gasteiger charge is -2.33. The minimum Gasteiger partial charge on any atom is -0.354 e. The maximum atomic E-state index is 12.5. The molecule has 1 unspecified atom stereocenters. The number of hydrogen-bond acceptors (Lipinski definition) is 5. The lowest BCUT2D eigenvalue weighted by atomic mass is 10.0. The maximum absolute atomic E-state index is 12.5. The van der Waals surface area contributed by atoms with Gasteiger partial charge < -0.3 is 20.4 Å². The number of rotatable bonds is 6. The Labute approximate surface area is 165 Å². The molecule has 7 heteroatoms. The summed E-state index contributed by atoms with van der Waals surface area (Å²) in [6.45, 7) is 5.39. The summed E-state index contributed by atoms with van der Waals surface area (Å²) in [4.78, 5) is 33.0. The van der Waals surface area contributed by atoms with Crippen molar-refractivity contribution in [1.82, 2.24) is 15.2 Å². The van der Waals surface area contributed by atoms with Crippen LogP contribution in [0.4, 0.5) is 11.5 Å². The Balaban J connectivity index is 1.59. The van der Waals surface area contributed by atoms with E-state index in [1.807, 2.05) is 42.5 Å². The summed E-state index contributed by atoms with van der Waals surface area (Å²) in [5, 5.41) is 5.72. The van der Waals surface area contributed by atoms with Crippen molar-refractivity contribution in [3.63, 3.8) is 0 Å². The Morgan fingerprint density at radius 2 is 1.79 bits per heavy atom. The first-order valence-corrected chi connectivity index (χ1v) is 9.52. The second-order valence-corrected chi connectivity index (χ2v) is 7.11. The van der Waals surface area contributed by atoms with Gasteiger partial charge in [-0.25, -0.2) is 4.98 Å². The number of likely N-dealkylation sites (N-methyl/N-ethyl adjacent to an activating group) is 1. The molecule has 1 aliphatic heterocycles. The summed E-state index contributed by atoms with van der Waals surface area (Å²) in [5.74, 6) is 0.586. The van der Waals surface area contributed by atoms with Crippen molar-refractivity contribution in [2.24, 2.45) is 0 Å². The van der Waals surface area contributed by atoms with E-state index in [-0.39, 0.29) is 24.3 Å². The van der Waals surface area contributed by atoms with Crippen molar-refractivity contribution in [2.75, 3.05) is 43.4 Å². The van der Waals surface area contributed by atoms with Crippen LogP contribution < -0.4 is 15.5 Å². The molecule has 148 valence electrons. The van der Waals surface area contributed by atoms with Gasteiger partial charge >= 0.3 is 0 Å². The van der Waals surface area contributed by atoms with Crippen molar-refractivity contribution in [3.8, 4) is 0 Å². The highest BCUT2D eigenvalue weighted by Crippen LogP contribution is 2.19. The SMILES string of the molecule is CC(=O)NC(CC(=O)Nc1ccc(N2CCN(C)CC2)nc1)c1ccccc1. The third-order valence-corrected chi connectivity index (χ3v) is 4.83. The normalized spacial score (nSPS) is 15.7. The molecule has 2 heterocycles. The highest BCUT2D eigenvalue weighted by Gasteiger charge is 2.18. The van der Waals surface area contributed by atoms with Crippen LogP contribution in [-0.4, -0.2) is 54.9 Å². The number of amides is 2. The van der Waals surface area contributed by atoms with Gasteiger partial charge in [-0.15, -0.1) is 0 Å². The van der Waals surface area contributed by atoms with Gasteiger partial charge in [0.05, 0.1) is 24.3 Å². The number of carbonyl (C=O) groups is 2. The average molecular weight is 381 g/mol. The van der Waals surface area contributed by atoms with Crippen LogP contribution in [-0.2, 0) is 9.59 Å². The molecular formula is C21H27N5O2. The monoisotopic (exact) mass is 381 g/mol. The van der Waals surface area contributed by atoms with Gasteiger partial charge in [0.1, 0.15) is 5.82 Å². The number of nitrogens with zero attached hydrogens (tertiary/aromatic N) is 3. The molecule has 1 aromatic heterocycles. The van der Waals surface area contributed by atoms with Gasteiger partial charge in [0.15, 0.2) is 0 Å². The molecule has 1 aliphatic rings. The second kappa shape index (κ2) is 9.32. The maximum Gasteiger partial charge on any atom is 0.226 e. The number of aromatic nitrogens is 1. The lowest BCUT2D eigenvalue weighted by Crippen LogP contribution is -2.44. The summed E-state index contributed by atoms with van der Waals surface area (Å²) in [7, 11) is 2.12. The smallest absolute Gasteiger partial charge is 0.226 e. The van der Waals surface area contributed by atoms with Crippen LogP contribution in [0.1, 0.15) is 24.9 Å². The first-order valence-electron chi connectivity index (χ1n) is 9.52. The van der Waals surface area contributed by atoms with E-state index < -0.39 is 0 Å². The van der Waals surface area contributed by atoms with Crippen molar-refractivity contribution in [3.05, 3.63) is 54.2 Å². The minimum atomic E-state index is -0.365. The fourth-order valence-electron chi connectivity index (χ4n) is 3.26. The van der Waals surface area contributed by atoms with Gasteiger partial charge in [0.25, 0.3) is 0 Å². The Hall–Kier alpha value is -2.93. The molecule has 0 radical (unpaired) electrons. The summed E-state index contributed by atoms with van der Waals surface area (Å²) in [5.41, 5.74) is 1.55. The third kappa shape index (κ3) is 5.53. The van der Waals surface area contributed by atoms with Crippen molar-refractivity contribution < 1.29 is 9.59 Å². The van der Waals surface area contributed by atoms with Crippen LogP contribution in [0.5, 0.6) is 0 Å². The van der Waals surface area contributed by atoms with Crippen molar-refractivity contribution >= 4 is 23.3 Å². The highest BCUT2D eigenvalue weighted by molar-refractivity contribution is 5.91. The molecule has 1 saturated heterocycles. The minimum absolute atomic E-state index is 0.157. The van der Waals surface area contributed by atoms with Gasteiger partial charge in [-0.1, -0.05) is 30.3 Å². The van der Waals surface area contributed by atoms with Crippen LogP contribution >= 0.6 is 0 Å². The molecule has 0 saturated carbocycles. The lowest BCUT2D eigenvalue weighted by molar-refractivity contribution is -0.120. The fraction of sp³-hybridized carbons (Fsp3) is 0.381. The largest absolute Gasteiger partial charge is 0.354 e. The van der Waals surface area contributed by atoms with E-state index >= 15 is 0 Å². The molecule has 1 atom stereocenters. The molecule has 2 amide bonds. The van der Waals surface area contributed by atoms with E-state index in [0.29, 0.717) is 5.69 Å². The topological polar surface area (TPSA) is 77.6 Å². The molecule has 3 rings (SSSR count). The van der Waals surface area contributed by atoms with Crippen LogP contribution in [0.25, 0.3) is 0 Å². The Morgan fingerprint density at radius 1 is 1.07 bits per heavy atom. The Bertz CT molecular complexity index is 786. The molecule has 1 aromatic carbocycles. The number of hydrogen-bond donors (Lipinski definition) is 2. The van der Waals surface area contributed by atoms with Gasteiger partial charge in [0, 0.05) is 33.1 Å². The predicted octanol–water partition coefficient (Wildman–Crippen LogP) is 2.04. The number of piperazine rings is 1. The second-order valence-electron chi connectivity index (χ2n) is 7.11. The number of pyridine rings is 1. The third-order valence-electron chi connectivity index (χ3n) is 4.83. The van der Waals surface area contributed by atoms with E-state index in [1.54, 1.807) is 6.20 Å². The fourth-order valence-corrected chi connectivity index (χ4v) is 3.26. The van der Waals surface area contributed by atoms with Gasteiger partial charge in [-0.3, -0.25) is 9.59 Å². The molecule has 28 heavy (non-hydrogen) atoms. The van der Waals surface area contributed by atoms with Crippen LogP contribution in [0.2, 0.25) is 0 Å². The summed E-state index contributed by atoms with van der Waals surface area (Å²) < 4.78 is 0. The summed E-state index contributed by atoms with van der Waals surface area (Å²) in [6.07, 6.45) is 1.84. The van der Waals surface area contributed by atoms with E-state index in [0.717, 1.165) is 37.6 Å². The van der Waals surface area contributed by atoms with E-state index in [2.05, 4.69) is 32.5 Å². The zero-order valence-electron chi connectivity index (χ0n) is 16.4. The molecule has 2 N–H and O–H groups in total. The zero-order chi connectivity index (χ0) is 19.9. The summed E-state index contributed by atoms with van der Waals surface area (Å²) >= 11 is 0. The molecule has 1 fully saturated rings. The molecule has 0 bridgehead atoms. The van der Waals surface area contributed by atoms with Crippen LogP contribution in [0.3, 0.4) is 0 Å².